The van der Waals surface area contributed by atoms with Gasteiger partial charge in [-0.05, 0) is 43.0 Å². The lowest BCUT2D eigenvalue weighted by molar-refractivity contribution is -0.139. The Morgan fingerprint density at radius 2 is 1.92 bits per heavy atom. The average Bonchev–Trinajstić information content (AvgIpc) is 3.33. The van der Waals surface area contributed by atoms with E-state index in [1.165, 1.54) is 24.4 Å². The second-order valence-corrected chi connectivity index (χ2v) is 11.5. The molecule has 0 saturated heterocycles. The number of amides is 2. The molecule has 0 saturated carbocycles. The molecule has 0 fully saturated rings. The van der Waals surface area contributed by atoms with Crippen molar-refractivity contribution in [3.63, 3.8) is 0 Å². The van der Waals surface area contributed by atoms with Gasteiger partial charge in [-0.25, -0.2) is 13.4 Å². The Hall–Kier alpha value is -3.83. The van der Waals surface area contributed by atoms with Crippen molar-refractivity contribution in [2.45, 2.75) is 49.2 Å². The number of benzene rings is 1. The van der Waals surface area contributed by atoms with Gasteiger partial charge in [0.2, 0.25) is 21.1 Å². The second-order valence-electron chi connectivity index (χ2n) is 9.55. The van der Waals surface area contributed by atoms with E-state index in [-0.39, 0.29) is 36.1 Å². The van der Waals surface area contributed by atoms with E-state index < -0.39 is 44.9 Å². The third kappa shape index (κ3) is 5.68. The number of rotatable bonds is 7. The SMILES string of the molecule is CC(C)C[C@H](NC(=O)c1cc2ccccc2o1)C(=O)N1CCC=CC(N)C(=O)C1S(=O)(=O)c1ccccn1. The number of nitrogens with one attached hydrogen (secondary N) is 1. The molecular weight excluding hydrogens is 508 g/mol. The number of sulfone groups is 1. The molecule has 0 radical (unpaired) electrons. The molecule has 3 atom stereocenters. The van der Waals surface area contributed by atoms with E-state index in [9.17, 15) is 22.8 Å². The molecule has 0 bridgehead atoms. The first-order valence-electron chi connectivity index (χ1n) is 12.3. The summed E-state index contributed by atoms with van der Waals surface area (Å²) in [4.78, 5) is 45.3. The number of nitrogens with zero attached hydrogens (tertiary/aromatic N) is 2. The van der Waals surface area contributed by atoms with Crippen molar-refractivity contribution in [1.82, 2.24) is 15.2 Å². The van der Waals surface area contributed by atoms with Crippen molar-refractivity contribution in [3.05, 3.63) is 72.6 Å². The minimum Gasteiger partial charge on any atom is -0.451 e. The highest BCUT2D eigenvalue weighted by Crippen LogP contribution is 2.24. The molecule has 3 aromatic rings. The van der Waals surface area contributed by atoms with Gasteiger partial charge >= 0.3 is 0 Å². The molecule has 200 valence electrons. The molecule has 11 heteroatoms. The third-order valence-electron chi connectivity index (χ3n) is 6.20. The molecule has 3 heterocycles. The number of hydrogen-bond donors (Lipinski definition) is 2. The summed E-state index contributed by atoms with van der Waals surface area (Å²) in [6, 6.07) is 10.6. The maximum atomic E-state index is 14.0. The van der Waals surface area contributed by atoms with E-state index in [4.69, 9.17) is 10.2 Å². The summed E-state index contributed by atoms with van der Waals surface area (Å²) in [5.41, 5.74) is 6.50. The smallest absolute Gasteiger partial charge is 0.287 e. The van der Waals surface area contributed by atoms with E-state index in [1.54, 1.807) is 36.4 Å². The number of pyridine rings is 1. The Morgan fingerprint density at radius 1 is 1.18 bits per heavy atom. The van der Waals surface area contributed by atoms with Gasteiger partial charge in [0.25, 0.3) is 5.91 Å². The van der Waals surface area contributed by atoms with Gasteiger partial charge in [-0.3, -0.25) is 14.4 Å². The first-order valence-corrected chi connectivity index (χ1v) is 13.8. The highest BCUT2D eigenvalue weighted by Gasteiger charge is 2.45. The van der Waals surface area contributed by atoms with Gasteiger partial charge in [0.15, 0.2) is 16.6 Å². The van der Waals surface area contributed by atoms with Crippen molar-refractivity contribution in [1.29, 1.82) is 0 Å². The lowest BCUT2D eigenvalue weighted by Crippen LogP contribution is -2.59. The maximum Gasteiger partial charge on any atom is 0.287 e. The molecule has 1 aromatic carbocycles. The Labute approximate surface area is 220 Å². The van der Waals surface area contributed by atoms with Crippen LogP contribution in [-0.4, -0.2) is 59.9 Å². The summed E-state index contributed by atoms with van der Waals surface area (Å²) in [6.07, 6.45) is 4.83. The zero-order chi connectivity index (χ0) is 27.4. The molecule has 1 aliphatic heterocycles. The van der Waals surface area contributed by atoms with E-state index >= 15 is 0 Å². The molecule has 10 nitrogen and oxygen atoms in total. The number of fused-ring (bicyclic) bond motifs is 1. The quantitative estimate of drug-likeness (QED) is 0.435. The van der Waals surface area contributed by atoms with Crippen molar-refractivity contribution in [2.24, 2.45) is 11.7 Å². The summed E-state index contributed by atoms with van der Waals surface area (Å²) >= 11 is 0. The number of furan rings is 1. The molecule has 2 aromatic heterocycles. The van der Waals surface area contributed by atoms with Crippen LogP contribution in [-0.2, 0) is 19.4 Å². The van der Waals surface area contributed by atoms with Crippen LogP contribution in [0, 0.1) is 5.92 Å². The molecule has 0 aliphatic carbocycles. The van der Waals surface area contributed by atoms with Crippen LogP contribution in [0.2, 0.25) is 0 Å². The zero-order valence-electron chi connectivity index (χ0n) is 21.1. The largest absolute Gasteiger partial charge is 0.451 e. The first-order chi connectivity index (χ1) is 18.1. The lowest BCUT2D eigenvalue weighted by Gasteiger charge is -2.35. The summed E-state index contributed by atoms with van der Waals surface area (Å²) < 4.78 is 32.9. The molecule has 38 heavy (non-hydrogen) atoms. The molecule has 2 amide bonds. The van der Waals surface area contributed by atoms with Crippen molar-refractivity contribution < 1.29 is 27.2 Å². The first kappa shape index (κ1) is 27.2. The standard InChI is InChI=1S/C27H30N4O6S/c1-17(2)15-20(30-25(33)22-16-18-9-3-4-11-21(18)37-22)26(34)31-14-8-6-10-19(28)24(32)27(31)38(35,36)23-12-5-7-13-29-23/h3-7,9-13,16-17,19-20,27H,8,14-15,28H2,1-2H3,(H,30,33)/t19?,20-,27?/m0/s1. The average molecular weight is 539 g/mol. The fourth-order valence-electron chi connectivity index (χ4n) is 4.38. The van der Waals surface area contributed by atoms with Crippen molar-refractivity contribution >= 4 is 38.4 Å². The molecule has 0 spiro atoms. The topological polar surface area (TPSA) is 153 Å². The van der Waals surface area contributed by atoms with Crippen LogP contribution in [0.4, 0.5) is 0 Å². The number of para-hydroxylation sites is 1. The van der Waals surface area contributed by atoms with Crippen LogP contribution in [0.3, 0.4) is 0 Å². The molecule has 1 aliphatic rings. The summed E-state index contributed by atoms with van der Waals surface area (Å²) in [6.45, 7) is 3.67. The summed E-state index contributed by atoms with van der Waals surface area (Å²) in [5.74, 6) is -2.22. The van der Waals surface area contributed by atoms with Crippen LogP contribution >= 0.6 is 0 Å². The van der Waals surface area contributed by atoms with Crippen LogP contribution in [0.25, 0.3) is 11.0 Å². The van der Waals surface area contributed by atoms with Gasteiger partial charge in [0.05, 0.1) is 6.04 Å². The number of carbonyl (C=O) groups excluding carboxylic acids is 3. The summed E-state index contributed by atoms with van der Waals surface area (Å²) in [5, 5.41) is 1.18. The fourth-order valence-corrected chi connectivity index (χ4v) is 6.09. The van der Waals surface area contributed by atoms with Crippen LogP contribution in [0.1, 0.15) is 37.2 Å². The number of nitrogens with two attached hydrogens (primary N) is 1. The van der Waals surface area contributed by atoms with Crippen LogP contribution in [0.5, 0.6) is 0 Å². The van der Waals surface area contributed by atoms with Gasteiger partial charge in [0, 0.05) is 18.1 Å². The Morgan fingerprint density at radius 3 is 2.61 bits per heavy atom. The van der Waals surface area contributed by atoms with Gasteiger partial charge < -0.3 is 20.4 Å². The minimum absolute atomic E-state index is 0.0131. The number of ketones is 1. The fraction of sp³-hybridized carbons (Fsp3) is 0.333. The van der Waals surface area contributed by atoms with E-state index in [1.807, 2.05) is 19.9 Å². The highest BCUT2D eigenvalue weighted by atomic mass is 32.2. The van der Waals surface area contributed by atoms with Crippen LogP contribution in [0.15, 0.2) is 76.3 Å². The molecular formula is C27H30N4O6S. The van der Waals surface area contributed by atoms with Crippen molar-refractivity contribution in [3.8, 4) is 0 Å². The predicted octanol–water partition coefficient (Wildman–Crippen LogP) is 2.46. The van der Waals surface area contributed by atoms with E-state index in [0.717, 1.165) is 10.3 Å². The highest BCUT2D eigenvalue weighted by molar-refractivity contribution is 7.92. The van der Waals surface area contributed by atoms with Gasteiger partial charge in [0.1, 0.15) is 11.6 Å². The molecule has 4 rings (SSSR count). The maximum absolute atomic E-state index is 14.0. The third-order valence-corrected chi connectivity index (χ3v) is 8.10. The number of carbonyl (C=O) groups is 3. The molecule has 2 unspecified atom stereocenters. The van der Waals surface area contributed by atoms with E-state index in [0.29, 0.717) is 5.58 Å². The number of Topliss-reactive ketones (excluding diaryl/α,β-unsaturated/α-hetero) is 1. The van der Waals surface area contributed by atoms with Crippen molar-refractivity contribution in [2.75, 3.05) is 6.54 Å². The normalized spacial score (nSPS) is 19.3. The Kier molecular flexibility index (Phi) is 8.08. The molecule has 3 N–H and O–H groups in total. The zero-order valence-corrected chi connectivity index (χ0v) is 21.9. The minimum atomic E-state index is -4.44. The summed E-state index contributed by atoms with van der Waals surface area (Å²) in [7, 11) is -4.44. The lowest BCUT2D eigenvalue weighted by atomic mass is 10.0. The number of aromatic nitrogens is 1. The van der Waals surface area contributed by atoms with E-state index in [2.05, 4.69) is 10.3 Å². The second kappa shape index (κ2) is 11.3. The van der Waals surface area contributed by atoms with Gasteiger partial charge in [-0.2, -0.15) is 0 Å². The Bertz CT molecular complexity index is 1430. The monoisotopic (exact) mass is 538 g/mol. The number of hydrogen-bond acceptors (Lipinski definition) is 8. The predicted molar refractivity (Wildman–Crippen MR) is 141 cm³/mol. The van der Waals surface area contributed by atoms with Crippen LogP contribution < -0.4 is 11.1 Å². The van der Waals surface area contributed by atoms with Gasteiger partial charge in [-0.15, -0.1) is 0 Å². The van der Waals surface area contributed by atoms with Gasteiger partial charge in [-0.1, -0.05) is 50.3 Å². The Balaban J connectivity index is 1.71.